The number of urea groups is 1. The fraction of sp³-hybridized carbons (Fsp3) is 0.571. The Kier molecular flexibility index (Phi) is 5.34. The molecule has 2 heterocycles. The Morgan fingerprint density at radius 3 is 2.66 bits per heavy atom. The van der Waals surface area contributed by atoms with Crippen molar-refractivity contribution in [1.29, 1.82) is 0 Å². The topological polar surface area (TPSA) is 97.0 Å². The maximum Gasteiger partial charge on any atom is 0.325 e. The van der Waals surface area contributed by atoms with Gasteiger partial charge in [0.25, 0.3) is 5.91 Å². The highest BCUT2D eigenvalue weighted by Crippen LogP contribution is 2.35. The first kappa shape index (κ1) is 19.5. The highest BCUT2D eigenvalue weighted by atomic mass is 16.5. The molecule has 1 aliphatic carbocycles. The zero-order valence-electron chi connectivity index (χ0n) is 16.7. The average Bonchev–Trinajstić information content (AvgIpc) is 3.16. The molecular weight excluding hydrogens is 374 g/mol. The first-order valence-electron chi connectivity index (χ1n) is 10.3. The first-order chi connectivity index (χ1) is 14.0. The predicted octanol–water partition coefficient (Wildman–Crippen LogP) is 2.28. The molecular formula is C21H27N3O5. The molecule has 1 unspecified atom stereocenters. The summed E-state index contributed by atoms with van der Waals surface area (Å²) in [4.78, 5) is 38.4. The van der Waals surface area contributed by atoms with Crippen LogP contribution in [0.25, 0.3) is 0 Å². The van der Waals surface area contributed by atoms with E-state index in [1.165, 1.54) is 4.90 Å². The largest absolute Gasteiger partial charge is 0.490 e. The summed E-state index contributed by atoms with van der Waals surface area (Å²) in [6, 6.07) is 5.02. The zero-order valence-corrected chi connectivity index (χ0v) is 16.7. The quantitative estimate of drug-likeness (QED) is 0.738. The van der Waals surface area contributed by atoms with Crippen molar-refractivity contribution in [2.24, 2.45) is 0 Å². The lowest BCUT2D eigenvalue weighted by Gasteiger charge is -2.20. The Morgan fingerprint density at radius 1 is 1.17 bits per heavy atom. The summed E-state index contributed by atoms with van der Waals surface area (Å²) in [5, 5.41) is 5.76. The van der Waals surface area contributed by atoms with E-state index in [1.54, 1.807) is 0 Å². The molecule has 0 radical (unpaired) electrons. The van der Waals surface area contributed by atoms with Crippen molar-refractivity contribution in [2.75, 3.05) is 19.8 Å². The van der Waals surface area contributed by atoms with Gasteiger partial charge in [0.2, 0.25) is 5.91 Å². The van der Waals surface area contributed by atoms with Crippen molar-refractivity contribution in [3.8, 4) is 11.5 Å². The molecule has 1 spiro atoms. The van der Waals surface area contributed by atoms with Gasteiger partial charge < -0.3 is 20.1 Å². The summed E-state index contributed by atoms with van der Waals surface area (Å²) in [5.41, 5.74) is 0.174. The normalized spacial score (nSPS) is 21.1. The summed E-state index contributed by atoms with van der Waals surface area (Å²) >= 11 is 0. The SMILES string of the molecule is CC(NC(=O)CCN1C(=O)NC2(CCCC2)C1=O)c1ccc2c(c1)OCCCO2. The van der Waals surface area contributed by atoms with Crippen molar-refractivity contribution in [1.82, 2.24) is 15.5 Å². The molecule has 1 aromatic rings. The Hall–Kier alpha value is -2.77. The summed E-state index contributed by atoms with van der Waals surface area (Å²) in [6.45, 7) is 3.21. The Morgan fingerprint density at radius 2 is 1.90 bits per heavy atom. The number of hydrogen-bond acceptors (Lipinski definition) is 5. The summed E-state index contributed by atoms with van der Waals surface area (Å²) in [6.07, 6.45) is 4.15. The monoisotopic (exact) mass is 401 g/mol. The van der Waals surface area contributed by atoms with Crippen LogP contribution in [0.2, 0.25) is 0 Å². The van der Waals surface area contributed by atoms with Crippen LogP contribution in [-0.2, 0) is 9.59 Å². The van der Waals surface area contributed by atoms with Gasteiger partial charge in [0, 0.05) is 19.4 Å². The number of imide groups is 1. The van der Waals surface area contributed by atoms with Crippen LogP contribution < -0.4 is 20.1 Å². The lowest BCUT2D eigenvalue weighted by molar-refractivity contribution is -0.131. The summed E-state index contributed by atoms with van der Waals surface area (Å²) < 4.78 is 11.3. The van der Waals surface area contributed by atoms with E-state index in [0.717, 1.165) is 24.8 Å². The van der Waals surface area contributed by atoms with Crippen LogP contribution in [0.15, 0.2) is 18.2 Å². The number of rotatable bonds is 5. The number of hydrogen-bond donors (Lipinski definition) is 2. The van der Waals surface area contributed by atoms with Gasteiger partial charge in [-0.25, -0.2) is 4.79 Å². The fourth-order valence-electron chi connectivity index (χ4n) is 4.26. The molecule has 29 heavy (non-hydrogen) atoms. The van der Waals surface area contributed by atoms with E-state index in [9.17, 15) is 14.4 Å². The van der Waals surface area contributed by atoms with Crippen molar-refractivity contribution < 1.29 is 23.9 Å². The van der Waals surface area contributed by atoms with Crippen molar-refractivity contribution in [3.05, 3.63) is 23.8 Å². The molecule has 1 saturated carbocycles. The molecule has 8 heteroatoms. The lowest BCUT2D eigenvalue weighted by atomic mass is 9.98. The highest BCUT2D eigenvalue weighted by molar-refractivity contribution is 6.07. The number of carbonyl (C=O) groups is 3. The lowest BCUT2D eigenvalue weighted by Crippen LogP contribution is -2.44. The number of amides is 4. The molecule has 0 aromatic heterocycles. The molecule has 3 aliphatic rings. The van der Waals surface area contributed by atoms with Crippen LogP contribution in [0, 0.1) is 0 Å². The molecule has 8 nitrogen and oxygen atoms in total. The zero-order chi connectivity index (χ0) is 20.4. The molecule has 2 fully saturated rings. The van der Waals surface area contributed by atoms with Crippen molar-refractivity contribution in [2.45, 2.75) is 57.0 Å². The van der Waals surface area contributed by atoms with E-state index in [0.29, 0.717) is 37.6 Å². The molecule has 4 amide bonds. The maximum atomic E-state index is 12.6. The van der Waals surface area contributed by atoms with Crippen LogP contribution in [0.5, 0.6) is 11.5 Å². The van der Waals surface area contributed by atoms with Gasteiger partial charge in [-0.2, -0.15) is 0 Å². The number of ether oxygens (including phenoxy) is 2. The van der Waals surface area contributed by atoms with Crippen LogP contribution in [0.4, 0.5) is 4.79 Å². The number of fused-ring (bicyclic) bond motifs is 1. The predicted molar refractivity (Wildman–Crippen MR) is 105 cm³/mol. The summed E-state index contributed by atoms with van der Waals surface area (Å²) in [7, 11) is 0. The van der Waals surface area contributed by atoms with Crippen LogP contribution in [0.1, 0.15) is 57.1 Å². The number of nitrogens with zero attached hydrogens (tertiary/aromatic N) is 1. The van der Waals surface area contributed by atoms with Gasteiger partial charge in [0.1, 0.15) is 5.54 Å². The number of carbonyl (C=O) groups excluding carboxylic acids is 3. The molecule has 2 aliphatic heterocycles. The smallest absolute Gasteiger partial charge is 0.325 e. The Labute approximate surface area is 169 Å². The van der Waals surface area contributed by atoms with E-state index < -0.39 is 5.54 Å². The molecule has 4 rings (SSSR count). The minimum Gasteiger partial charge on any atom is -0.490 e. The third kappa shape index (κ3) is 3.88. The standard InChI is InChI=1S/C21H27N3O5/c1-14(15-5-6-16-17(13-15)29-12-4-11-28-16)22-18(25)7-10-24-19(26)21(23-20(24)27)8-2-3-9-21/h5-6,13-14H,2-4,7-12H2,1H3,(H,22,25)(H,23,27). The average molecular weight is 401 g/mol. The minimum absolute atomic E-state index is 0.0735. The molecule has 0 bridgehead atoms. The minimum atomic E-state index is -0.731. The fourth-order valence-corrected chi connectivity index (χ4v) is 4.26. The van der Waals surface area contributed by atoms with Gasteiger partial charge in [-0.3, -0.25) is 14.5 Å². The number of nitrogens with one attached hydrogen (secondary N) is 2. The van der Waals surface area contributed by atoms with E-state index in [1.807, 2.05) is 25.1 Å². The first-order valence-corrected chi connectivity index (χ1v) is 10.3. The van der Waals surface area contributed by atoms with Gasteiger partial charge in [-0.1, -0.05) is 18.9 Å². The van der Waals surface area contributed by atoms with Crippen molar-refractivity contribution in [3.63, 3.8) is 0 Å². The van der Waals surface area contributed by atoms with Gasteiger partial charge in [-0.15, -0.1) is 0 Å². The van der Waals surface area contributed by atoms with E-state index in [-0.39, 0.29) is 36.9 Å². The number of benzene rings is 1. The van der Waals surface area contributed by atoms with E-state index in [4.69, 9.17) is 9.47 Å². The molecule has 1 atom stereocenters. The third-order valence-electron chi connectivity index (χ3n) is 5.91. The summed E-state index contributed by atoms with van der Waals surface area (Å²) in [5.74, 6) is 0.993. The molecule has 2 N–H and O–H groups in total. The Balaban J connectivity index is 1.32. The molecule has 1 saturated heterocycles. The molecule has 1 aromatic carbocycles. The van der Waals surface area contributed by atoms with Gasteiger partial charge in [0.05, 0.1) is 19.3 Å². The second-order valence-electron chi connectivity index (χ2n) is 7.97. The highest BCUT2D eigenvalue weighted by Gasteiger charge is 2.52. The van der Waals surface area contributed by atoms with Gasteiger partial charge in [-0.05, 0) is 37.5 Å². The second-order valence-corrected chi connectivity index (χ2v) is 7.97. The van der Waals surface area contributed by atoms with E-state index in [2.05, 4.69) is 10.6 Å². The van der Waals surface area contributed by atoms with Crippen LogP contribution in [-0.4, -0.2) is 48.0 Å². The van der Waals surface area contributed by atoms with Gasteiger partial charge >= 0.3 is 6.03 Å². The van der Waals surface area contributed by atoms with Crippen LogP contribution in [0.3, 0.4) is 0 Å². The van der Waals surface area contributed by atoms with Crippen molar-refractivity contribution >= 4 is 17.8 Å². The second kappa shape index (κ2) is 7.93. The molecule has 156 valence electrons. The van der Waals surface area contributed by atoms with Crippen LogP contribution >= 0.6 is 0 Å². The van der Waals surface area contributed by atoms with E-state index >= 15 is 0 Å². The van der Waals surface area contributed by atoms with Gasteiger partial charge in [0.15, 0.2) is 11.5 Å². The maximum absolute atomic E-state index is 12.6. The third-order valence-corrected chi connectivity index (χ3v) is 5.91. The Bertz CT molecular complexity index is 819.